The van der Waals surface area contributed by atoms with Crippen molar-refractivity contribution < 1.29 is 14.3 Å². The van der Waals surface area contributed by atoms with Gasteiger partial charge in [-0.2, -0.15) is 0 Å². The molecule has 1 aliphatic rings. The molecule has 0 saturated heterocycles. The Morgan fingerprint density at radius 2 is 1.86 bits per heavy atom. The summed E-state index contributed by atoms with van der Waals surface area (Å²) in [5.41, 5.74) is 4.86. The molecule has 0 unspecified atom stereocenters. The molecule has 0 aliphatic heterocycles. The third kappa shape index (κ3) is 6.39. The van der Waals surface area contributed by atoms with Gasteiger partial charge in [-0.15, -0.1) is 0 Å². The highest BCUT2D eigenvalue weighted by Crippen LogP contribution is 2.27. The van der Waals surface area contributed by atoms with Crippen LogP contribution in [0, 0.1) is 12.8 Å². The molecule has 1 N–H and O–H groups in total. The van der Waals surface area contributed by atoms with Crippen molar-refractivity contribution in [3.05, 3.63) is 59.4 Å². The molecule has 198 valence electrons. The molecule has 1 fully saturated rings. The largest absolute Gasteiger partial charge is 0.361 e. The van der Waals surface area contributed by atoms with Gasteiger partial charge in [0, 0.05) is 25.5 Å². The van der Waals surface area contributed by atoms with E-state index in [1.165, 1.54) is 6.42 Å². The van der Waals surface area contributed by atoms with Crippen LogP contribution in [0.1, 0.15) is 62.9 Å². The molecule has 4 rings (SSSR count). The number of hydrogen-bond donors (Lipinski definition) is 1. The zero-order chi connectivity index (χ0) is 26.2. The predicted molar refractivity (Wildman–Crippen MR) is 148 cm³/mol. The van der Waals surface area contributed by atoms with Crippen LogP contribution in [0.4, 0.5) is 5.69 Å². The van der Waals surface area contributed by atoms with E-state index in [-0.39, 0.29) is 31.0 Å². The van der Waals surface area contributed by atoms with Gasteiger partial charge in [-0.3, -0.25) is 14.5 Å². The normalized spacial score (nSPS) is 14.1. The maximum atomic E-state index is 13.8. The lowest BCUT2D eigenvalue weighted by atomic mass is 9.89. The van der Waals surface area contributed by atoms with Crippen molar-refractivity contribution in [3.8, 4) is 0 Å². The first-order chi connectivity index (χ1) is 18.0. The average molecular weight is 505 g/mol. The standard InChI is InChI=1S/C30H40N4O3/c1-4-23-15-11-12-22(3)29(23)34(21-37-5-2)28(35)20-33-26-17-10-9-16-25(26)32-27(33)18-19-31-30(36)24-13-7-6-8-14-24/h9-12,15-17,24H,4-8,13-14,18-21H2,1-3H3,(H,31,36). The molecule has 0 bridgehead atoms. The topological polar surface area (TPSA) is 76.5 Å². The summed E-state index contributed by atoms with van der Waals surface area (Å²) in [6.07, 6.45) is 6.85. The van der Waals surface area contributed by atoms with E-state index >= 15 is 0 Å². The maximum Gasteiger partial charge on any atom is 0.248 e. The Balaban J connectivity index is 1.56. The number of benzene rings is 2. The summed E-state index contributed by atoms with van der Waals surface area (Å²) in [4.78, 5) is 33.1. The number of nitrogens with zero attached hydrogens (tertiary/aromatic N) is 3. The monoisotopic (exact) mass is 504 g/mol. The fourth-order valence-corrected chi connectivity index (χ4v) is 5.35. The van der Waals surface area contributed by atoms with Crippen LogP contribution in [-0.4, -0.2) is 41.2 Å². The van der Waals surface area contributed by atoms with Gasteiger partial charge in [0.25, 0.3) is 0 Å². The van der Waals surface area contributed by atoms with E-state index in [1.807, 2.05) is 54.8 Å². The Bertz CT molecular complexity index is 1210. The van der Waals surface area contributed by atoms with Crippen molar-refractivity contribution in [1.29, 1.82) is 0 Å². The number of nitrogens with one attached hydrogen (secondary N) is 1. The van der Waals surface area contributed by atoms with E-state index in [4.69, 9.17) is 9.72 Å². The molecule has 7 nitrogen and oxygen atoms in total. The number of anilines is 1. The van der Waals surface area contributed by atoms with Gasteiger partial charge in [0.15, 0.2) is 0 Å². The SMILES string of the molecule is CCOCN(C(=O)Cn1c(CCNC(=O)C2CCCCC2)nc2ccccc21)c1c(C)cccc1CC. The minimum Gasteiger partial charge on any atom is -0.361 e. The first-order valence-corrected chi connectivity index (χ1v) is 13.7. The summed E-state index contributed by atoms with van der Waals surface area (Å²) in [6, 6.07) is 14.0. The quantitative estimate of drug-likeness (QED) is 0.366. The van der Waals surface area contributed by atoms with Crippen LogP contribution in [0.15, 0.2) is 42.5 Å². The van der Waals surface area contributed by atoms with Crippen molar-refractivity contribution in [2.45, 2.75) is 72.3 Å². The fraction of sp³-hybridized carbons (Fsp3) is 0.500. The Hall–Kier alpha value is -3.19. The summed E-state index contributed by atoms with van der Waals surface area (Å²) < 4.78 is 7.74. The van der Waals surface area contributed by atoms with Crippen molar-refractivity contribution >= 4 is 28.5 Å². The van der Waals surface area contributed by atoms with Gasteiger partial charge in [-0.05, 0) is 56.4 Å². The maximum absolute atomic E-state index is 13.8. The smallest absolute Gasteiger partial charge is 0.248 e. The summed E-state index contributed by atoms with van der Waals surface area (Å²) in [5, 5.41) is 3.12. The third-order valence-corrected chi connectivity index (χ3v) is 7.35. The molecule has 37 heavy (non-hydrogen) atoms. The molecule has 2 aromatic carbocycles. The highest BCUT2D eigenvalue weighted by Gasteiger charge is 2.24. The third-order valence-electron chi connectivity index (χ3n) is 7.35. The second kappa shape index (κ2) is 12.9. The Morgan fingerprint density at radius 1 is 1.08 bits per heavy atom. The lowest BCUT2D eigenvalue weighted by Gasteiger charge is -2.27. The van der Waals surface area contributed by atoms with E-state index in [0.29, 0.717) is 19.6 Å². The van der Waals surface area contributed by atoms with Crippen LogP contribution in [0.3, 0.4) is 0 Å². The van der Waals surface area contributed by atoms with Gasteiger partial charge in [0.05, 0.1) is 16.7 Å². The van der Waals surface area contributed by atoms with E-state index in [2.05, 4.69) is 18.3 Å². The minimum atomic E-state index is -0.0481. The number of carbonyl (C=O) groups is 2. The van der Waals surface area contributed by atoms with Crippen molar-refractivity contribution in [2.75, 3.05) is 24.8 Å². The number of hydrogen-bond acceptors (Lipinski definition) is 4. The molecule has 0 radical (unpaired) electrons. The van der Waals surface area contributed by atoms with E-state index in [0.717, 1.165) is 65.8 Å². The first kappa shape index (κ1) is 26.9. The molecule has 7 heteroatoms. The van der Waals surface area contributed by atoms with Crippen molar-refractivity contribution in [3.63, 3.8) is 0 Å². The van der Waals surface area contributed by atoms with Crippen LogP contribution >= 0.6 is 0 Å². The Kier molecular flexibility index (Phi) is 9.34. The number of fused-ring (bicyclic) bond motifs is 1. The summed E-state index contributed by atoms with van der Waals surface area (Å²) in [6.45, 7) is 7.46. The first-order valence-electron chi connectivity index (χ1n) is 13.7. The molecule has 0 spiro atoms. The van der Waals surface area contributed by atoms with Crippen molar-refractivity contribution in [1.82, 2.24) is 14.9 Å². The molecular weight excluding hydrogens is 464 g/mol. The second-order valence-corrected chi connectivity index (χ2v) is 9.86. The summed E-state index contributed by atoms with van der Waals surface area (Å²) in [7, 11) is 0. The molecule has 1 aliphatic carbocycles. The predicted octanol–water partition coefficient (Wildman–Crippen LogP) is 5.17. The Labute approximate surface area is 220 Å². The molecule has 2 amide bonds. The van der Waals surface area contributed by atoms with Gasteiger partial charge in [0.1, 0.15) is 19.1 Å². The van der Waals surface area contributed by atoms with Gasteiger partial charge < -0.3 is 14.6 Å². The Morgan fingerprint density at radius 3 is 2.62 bits per heavy atom. The number of amides is 2. The van der Waals surface area contributed by atoms with Crippen molar-refractivity contribution in [2.24, 2.45) is 5.92 Å². The van der Waals surface area contributed by atoms with Crippen LogP contribution in [-0.2, 0) is 33.7 Å². The number of carbonyl (C=O) groups excluding carboxylic acids is 2. The van der Waals surface area contributed by atoms with Crippen LogP contribution in [0.25, 0.3) is 11.0 Å². The van der Waals surface area contributed by atoms with Gasteiger partial charge >= 0.3 is 0 Å². The van der Waals surface area contributed by atoms with Gasteiger partial charge in [-0.1, -0.05) is 56.5 Å². The van der Waals surface area contributed by atoms with Crippen LogP contribution < -0.4 is 10.2 Å². The number of aryl methyl sites for hydroxylation is 2. The average Bonchev–Trinajstić information content (AvgIpc) is 3.26. The zero-order valence-electron chi connectivity index (χ0n) is 22.5. The number of para-hydroxylation sites is 3. The number of ether oxygens (including phenoxy) is 1. The number of imidazole rings is 1. The lowest BCUT2D eigenvalue weighted by molar-refractivity contribution is -0.126. The molecule has 1 aromatic heterocycles. The number of aromatic nitrogens is 2. The van der Waals surface area contributed by atoms with E-state index in [1.54, 1.807) is 4.90 Å². The minimum absolute atomic E-state index is 0.0481. The van der Waals surface area contributed by atoms with E-state index < -0.39 is 0 Å². The molecule has 1 saturated carbocycles. The number of rotatable bonds is 11. The summed E-state index contributed by atoms with van der Waals surface area (Å²) >= 11 is 0. The lowest BCUT2D eigenvalue weighted by Crippen LogP contribution is -2.37. The molecule has 3 aromatic rings. The highest BCUT2D eigenvalue weighted by atomic mass is 16.5. The zero-order valence-corrected chi connectivity index (χ0v) is 22.5. The molecular formula is C30H40N4O3. The fourth-order valence-electron chi connectivity index (χ4n) is 5.35. The van der Waals surface area contributed by atoms with Gasteiger partial charge in [0.2, 0.25) is 11.8 Å². The molecule has 0 atom stereocenters. The van der Waals surface area contributed by atoms with Gasteiger partial charge in [-0.25, -0.2) is 4.98 Å². The van der Waals surface area contributed by atoms with Crippen LogP contribution in [0.2, 0.25) is 0 Å². The van der Waals surface area contributed by atoms with Crippen LogP contribution in [0.5, 0.6) is 0 Å². The second-order valence-electron chi connectivity index (χ2n) is 9.86. The summed E-state index contributed by atoms with van der Waals surface area (Å²) in [5.74, 6) is 1.03. The van der Waals surface area contributed by atoms with E-state index in [9.17, 15) is 9.59 Å². The highest BCUT2D eigenvalue weighted by molar-refractivity contribution is 5.95. The molecule has 1 heterocycles.